The van der Waals surface area contributed by atoms with Gasteiger partial charge in [0.25, 0.3) is 6.01 Å². The number of aromatic hydroxyl groups is 1. The van der Waals surface area contributed by atoms with Gasteiger partial charge in [0.1, 0.15) is 23.2 Å². The predicted molar refractivity (Wildman–Crippen MR) is 114 cm³/mol. The summed E-state index contributed by atoms with van der Waals surface area (Å²) in [6.07, 6.45) is 3.79. The van der Waals surface area contributed by atoms with Gasteiger partial charge in [0.2, 0.25) is 0 Å². The first-order chi connectivity index (χ1) is 14.9. The van der Waals surface area contributed by atoms with Crippen molar-refractivity contribution in [2.45, 2.75) is 45.2 Å². The lowest BCUT2D eigenvalue weighted by molar-refractivity contribution is 0.232. The number of nitrogens with zero attached hydrogens (tertiary/aromatic N) is 3. The van der Waals surface area contributed by atoms with Crippen LogP contribution in [0.1, 0.15) is 37.3 Å². The molecule has 3 heterocycles. The first-order valence-electron chi connectivity index (χ1n) is 10.6. The molecule has 1 aromatic carbocycles. The van der Waals surface area contributed by atoms with Crippen LogP contribution in [0.5, 0.6) is 11.8 Å². The number of aromatic nitrogens is 3. The minimum Gasteiger partial charge on any atom is -0.493 e. The second kappa shape index (κ2) is 9.05. The molecule has 0 radical (unpaired) electrons. The van der Waals surface area contributed by atoms with Crippen molar-refractivity contribution in [3.63, 3.8) is 0 Å². The van der Waals surface area contributed by atoms with Crippen molar-refractivity contribution in [2.75, 3.05) is 25.5 Å². The zero-order chi connectivity index (χ0) is 22.0. The summed E-state index contributed by atoms with van der Waals surface area (Å²) in [5, 5.41) is 12.5. The molecule has 3 N–H and O–H groups in total. The molecule has 9 heteroatoms. The minimum absolute atomic E-state index is 0.0767. The Kier molecular flexibility index (Phi) is 6.22. The molecule has 1 saturated heterocycles. The van der Waals surface area contributed by atoms with Gasteiger partial charge in [-0.3, -0.25) is 0 Å². The number of benzene rings is 1. The van der Waals surface area contributed by atoms with Gasteiger partial charge in [0.05, 0.1) is 12.1 Å². The summed E-state index contributed by atoms with van der Waals surface area (Å²) in [5.74, 6) is -0.671. The number of anilines is 1. The average molecular weight is 431 g/mol. The van der Waals surface area contributed by atoms with Crippen molar-refractivity contribution in [1.29, 1.82) is 0 Å². The third-order valence-corrected chi connectivity index (χ3v) is 5.86. The van der Waals surface area contributed by atoms with E-state index in [0.29, 0.717) is 36.1 Å². The van der Waals surface area contributed by atoms with Crippen LogP contribution < -0.4 is 10.1 Å². The fraction of sp³-hybridized carbons (Fsp3) is 0.455. The highest BCUT2D eigenvalue weighted by molar-refractivity contribution is 5.75. The Morgan fingerprint density at radius 1 is 1.26 bits per heavy atom. The SMILES string of the molecule is CCc1cc2[nH]c(O)nc2nc1NCc1c(F)cc(OCCC2CCCN2C)cc1F. The van der Waals surface area contributed by atoms with E-state index in [1.807, 2.05) is 13.0 Å². The second-order valence-electron chi connectivity index (χ2n) is 7.91. The average Bonchev–Trinajstić information content (AvgIpc) is 3.30. The fourth-order valence-corrected chi connectivity index (χ4v) is 4.05. The van der Waals surface area contributed by atoms with Gasteiger partial charge < -0.3 is 25.0 Å². The maximum atomic E-state index is 14.6. The largest absolute Gasteiger partial charge is 0.493 e. The molecule has 4 rings (SSSR count). The van der Waals surface area contributed by atoms with E-state index in [-0.39, 0.29) is 23.9 Å². The lowest BCUT2D eigenvalue weighted by Crippen LogP contribution is -2.26. The summed E-state index contributed by atoms with van der Waals surface area (Å²) >= 11 is 0. The van der Waals surface area contributed by atoms with Crippen molar-refractivity contribution in [3.05, 3.63) is 41.0 Å². The molecule has 7 nitrogen and oxygen atoms in total. The topological polar surface area (TPSA) is 86.3 Å². The van der Waals surface area contributed by atoms with Crippen molar-refractivity contribution in [1.82, 2.24) is 19.9 Å². The second-order valence-corrected chi connectivity index (χ2v) is 7.91. The van der Waals surface area contributed by atoms with Crippen LogP contribution in [0.2, 0.25) is 0 Å². The van der Waals surface area contributed by atoms with Crippen molar-refractivity contribution >= 4 is 17.0 Å². The van der Waals surface area contributed by atoms with Gasteiger partial charge in [-0.15, -0.1) is 0 Å². The van der Waals surface area contributed by atoms with Crippen LogP contribution in [0, 0.1) is 11.6 Å². The quantitative estimate of drug-likeness (QED) is 0.500. The first-order valence-corrected chi connectivity index (χ1v) is 10.6. The van der Waals surface area contributed by atoms with E-state index in [0.717, 1.165) is 24.9 Å². The molecule has 31 heavy (non-hydrogen) atoms. The van der Waals surface area contributed by atoms with Gasteiger partial charge in [0, 0.05) is 30.3 Å². The van der Waals surface area contributed by atoms with Crippen molar-refractivity contribution in [2.24, 2.45) is 0 Å². The van der Waals surface area contributed by atoms with E-state index in [2.05, 4.69) is 32.2 Å². The summed E-state index contributed by atoms with van der Waals surface area (Å²) < 4.78 is 34.8. The van der Waals surface area contributed by atoms with Crippen LogP contribution >= 0.6 is 0 Å². The molecule has 0 bridgehead atoms. The Morgan fingerprint density at radius 3 is 2.71 bits per heavy atom. The zero-order valence-corrected chi connectivity index (χ0v) is 17.7. The van der Waals surface area contributed by atoms with Gasteiger partial charge in [0.15, 0.2) is 5.65 Å². The van der Waals surface area contributed by atoms with Crippen LogP contribution in [-0.4, -0.2) is 51.2 Å². The summed E-state index contributed by atoms with van der Waals surface area (Å²) in [6.45, 7) is 3.37. The number of imidazole rings is 1. The van der Waals surface area contributed by atoms with Gasteiger partial charge in [-0.05, 0) is 50.9 Å². The molecule has 2 aromatic heterocycles. The Balaban J connectivity index is 1.42. The third kappa shape index (κ3) is 4.71. The Bertz CT molecular complexity index is 1050. The Morgan fingerprint density at radius 2 is 2.03 bits per heavy atom. The number of H-pyrrole nitrogens is 1. The van der Waals surface area contributed by atoms with E-state index >= 15 is 0 Å². The molecular weight excluding hydrogens is 404 g/mol. The highest BCUT2D eigenvalue weighted by Gasteiger charge is 2.21. The number of likely N-dealkylation sites (tertiary alicyclic amines) is 1. The summed E-state index contributed by atoms with van der Waals surface area (Å²) in [4.78, 5) is 13.3. The first kappa shape index (κ1) is 21.3. The molecule has 0 aliphatic carbocycles. The number of fused-ring (bicyclic) bond motifs is 1. The highest BCUT2D eigenvalue weighted by Crippen LogP contribution is 2.25. The monoisotopic (exact) mass is 431 g/mol. The summed E-state index contributed by atoms with van der Waals surface area (Å²) in [6, 6.07) is 4.49. The number of aryl methyl sites for hydroxylation is 1. The van der Waals surface area contributed by atoms with Gasteiger partial charge in [-0.1, -0.05) is 6.92 Å². The standard InChI is InChI=1S/C22H27F2N5O2/c1-3-13-9-19-21(28-22(30)26-19)27-20(13)25-12-16-17(23)10-15(11-18(16)24)31-8-6-14-5-4-7-29(14)2/h9-11,14H,3-8,12H2,1-2H3,(H3,25,26,27,28,30). The van der Waals surface area contributed by atoms with Crippen LogP contribution in [0.4, 0.5) is 14.6 Å². The van der Waals surface area contributed by atoms with E-state index in [9.17, 15) is 13.9 Å². The number of aromatic amines is 1. The van der Waals surface area contributed by atoms with Crippen LogP contribution in [0.15, 0.2) is 18.2 Å². The van der Waals surface area contributed by atoms with E-state index in [4.69, 9.17) is 4.74 Å². The molecule has 1 unspecified atom stereocenters. The molecule has 0 saturated carbocycles. The normalized spacial score (nSPS) is 16.8. The molecule has 0 amide bonds. The molecule has 3 aromatic rings. The Hall–Kier alpha value is -2.94. The number of rotatable bonds is 8. The van der Waals surface area contributed by atoms with Crippen LogP contribution in [0.25, 0.3) is 11.2 Å². The maximum absolute atomic E-state index is 14.6. The zero-order valence-electron chi connectivity index (χ0n) is 17.7. The number of halogens is 2. The molecule has 0 spiro atoms. The summed E-state index contributed by atoms with van der Waals surface area (Å²) in [7, 11) is 2.09. The Labute approximate surface area is 179 Å². The van der Waals surface area contributed by atoms with Crippen LogP contribution in [-0.2, 0) is 13.0 Å². The lowest BCUT2D eigenvalue weighted by atomic mass is 10.1. The van der Waals surface area contributed by atoms with Crippen molar-refractivity contribution in [3.8, 4) is 11.8 Å². The van der Waals surface area contributed by atoms with E-state index in [1.165, 1.54) is 18.6 Å². The molecule has 1 fully saturated rings. The molecule has 1 atom stereocenters. The molecule has 1 aliphatic heterocycles. The fourth-order valence-electron chi connectivity index (χ4n) is 4.05. The van der Waals surface area contributed by atoms with Gasteiger partial charge in [-0.25, -0.2) is 13.8 Å². The predicted octanol–water partition coefficient (Wildman–Crippen LogP) is 3.98. The maximum Gasteiger partial charge on any atom is 0.293 e. The number of nitrogens with one attached hydrogen (secondary N) is 2. The van der Waals surface area contributed by atoms with Crippen molar-refractivity contribution < 1.29 is 18.6 Å². The van der Waals surface area contributed by atoms with E-state index < -0.39 is 11.6 Å². The summed E-state index contributed by atoms with van der Waals surface area (Å²) in [5.41, 5.74) is 1.68. The third-order valence-electron chi connectivity index (χ3n) is 5.86. The molecular formula is C22H27F2N5O2. The number of hydrogen-bond acceptors (Lipinski definition) is 6. The lowest BCUT2D eigenvalue weighted by Gasteiger charge is -2.19. The van der Waals surface area contributed by atoms with E-state index in [1.54, 1.807) is 0 Å². The molecule has 1 aliphatic rings. The number of pyridine rings is 1. The number of hydrogen-bond donors (Lipinski definition) is 3. The van der Waals surface area contributed by atoms with Crippen LogP contribution in [0.3, 0.4) is 0 Å². The highest BCUT2D eigenvalue weighted by atomic mass is 19.1. The smallest absolute Gasteiger partial charge is 0.293 e. The van der Waals surface area contributed by atoms with Gasteiger partial charge >= 0.3 is 0 Å². The van der Waals surface area contributed by atoms with Gasteiger partial charge in [-0.2, -0.15) is 4.98 Å². The minimum atomic E-state index is -0.669. The molecule has 166 valence electrons. The number of ether oxygens (including phenoxy) is 1.